The molecule has 88 valence electrons. The van der Waals surface area contributed by atoms with Gasteiger partial charge < -0.3 is 5.11 Å². The molecule has 2 rings (SSSR count). The molecule has 2 aliphatic rings. The first-order valence-electron chi connectivity index (χ1n) is 5.57. The lowest BCUT2D eigenvalue weighted by molar-refractivity contribution is -0.226. The van der Waals surface area contributed by atoms with Crippen molar-refractivity contribution in [3.8, 4) is 0 Å². The molecular weight excluding hydrogens is 205 g/mol. The quantitative estimate of drug-likeness (QED) is 0.723. The minimum Gasteiger partial charge on any atom is -0.383 e. The van der Waals surface area contributed by atoms with Gasteiger partial charge in [-0.25, -0.2) is 0 Å². The van der Waals surface area contributed by atoms with E-state index in [1.807, 2.05) is 6.92 Å². The van der Waals surface area contributed by atoms with Gasteiger partial charge >= 0.3 is 6.18 Å². The van der Waals surface area contributed by atoms with Crippen molar-refractivity contribution in [2.45, 2.75) is 39.0 Å². The highest BCUT2D eigenvalue weighted by molar-refractivity contribution is 5.00. The van der Waals surface area contributed by atoms with Crippen LogP contribution in [-0.4, -0.2) is 17.4 Å². The molecule has 4 heteroatoms. The van der Waals surface area contributed by atoms with Crippen LogP contribution in [0.3, 0.4) is 0 Å². The van der Waals surface area contributed by atoms with Gasteiger partial charge in [-0.15, -0.1) is 0 Å². The van der Waals surface area contributed by atoms with Crippen LogP contribution < -0.4 is 0 Å². The Balaban J connectivity index is 2.10. The third-order valence-corrected chi connectivity index (χ3v) is 4.69. The highest BCUT2D eigenvalue weighted by atomic mass is 19.4. The van der Waals surface area contributed by atoms with Crippen molar-refractivity contribution in [3.05, 3.63) is 0 Å². The number of hydrogen-bond donors (Lipinski definition) is 1. The lowest BCUT2D eigenvalue weighted by Gasteiger charge is -2.35. The molecule has 6 atom stereocenters. The molecular formula is C11H17F3O. The third-order valence-electron chi connectivity index (χ3n) is 4.69. The highest BCUT2D eigenvalue weighted by Crippen LogP contribution is 2.57. The predicted molar refractivity (Wildman–Crippen MR) is 50.1 cm³/mol. The van der Waals surface area contributed by atoms with E-state index in [1.165, 1.54) is 0 Å². The van der Waals surface area contributed by atoms with Crippen molar-refractivity contribution in [1.29, 1.82) is 0 Å². The van der Waals surface area contributed by atoms with E-state index in [-0.39, 0.29) is 5.92 Å². The van der Waals surface area contributed by atoms with Gasteiger partial charge in [0.2, 0.25) is 0 Å². The molecule has 0 aromatic heterocycles. The molecule has 15 heavy (non-hydrogen) atoms. The van der Waals surface area contributed by atoms with Gasteiger partial charge in [0.25, 0.3) is 0 Å². The van der Waals surface area contributed by atoms with Crippen molar-refractivity contribution in [2.75, 3.05) is 0 Å². The molecule has 6 unspecified atom stereocenters. The lowest BCUT2D eigenvalue weighted by atomic mass is 9.73. The van der Waals surface area contributed by atoms with Crippen LogP contribution in [0.15, 0.2) is 0 Å². The fourth-order valence-corrected chi connectivity index (χ4v) is 3.60. The molecule has 0 amide bonds. The smallest absolute Gasteiger partial charge is 0.383 e. The van der Waals surface area contributed by atoms with Crippen LogP contribution in [0.4, 0.5) is 13.2 Å². The van der Waals surface area contributed by atoms with Crippen molar-refractivity contribution < 1.29 is 18.3 Å². The van der Waals surface area contributed by atoms with Crippen LogP contribution in [0.5, 0.6) is 0 Å². The minimum absolute atomic E-state index is 0.0709. The summed E-state index contributed by atoms with van der Waals surface area (Å²) in [5, 5.41) is 9.29. The zero-order valence-corrected chi connectivity index (χ0v) is 8.96. The number of fused-ring (bicyclic) bond motifs is 2. The predicted octanol–water partition coefficient (Wildman–Crippen LogP) is 2.84. The molecule has 0 aromatic carbocycles. The summed E-state index contributed by atoms with van der Waals surface area (Å²) >= 11 is 0. The number of hydrogen-bond acceptors (Lipinski definition) is 1. The zero-order chi connectivity index (χ0) is 11.4. The molecule has 0 aliphatic heterocycles. The highest BCUT2D eigenvalue weighted by Gasteiger charge is 2.56. The number of rotatable bonds is 1. The maximum absolute atomic E-state index is 12.4. The molecule has 2 bridgehead atoms. The van der Waals surface area contributed by atoms with Gasteiger partial charge in [-0.05, 0) is 42.4 Å². The Morgan fingerprint density at radius 1 is 1.13 bits per heavy atom. The molecule has 1 N–H and O–H groups in total. The minimum atomic E-state index is -4.45. The Kier molecular flexibility index (Phi) is 2.53. The van der Waals surface area contributed by atoms with E-state index in [4.69, 9.17) is 0 Å². The van der Waals surface area contributed by atoms with Crippen LogP contribution >= 0.6 is 0 Å². The van der Waals surface area contributed by atoms with E-state index in [9.17, 15) is 18.3 Å². The summed E-state index contributed by atoms with van der Waals surface area (Å²) in [6.07, 6.45) is -5.13. The lowest BCUT2D eigenvalue weighted by Crippen LogP contribution is -2.41. The zero-order valence-electron chi connectivity index (χ0n) is 8.96. The molecule has 2 aliphatic carbocycles. The monoisotopic (exact) mass is 222 g/mol. The first-order valence-corrected chi connectivity index (χ1v) is 5.57. The molecule has 2 fully saturated rings. The molecule has 0 radical (unpaired) electrons. The summed E-state index contributed by atoms with van der Waals surface area (Å²) in [4.78, 5) is 0. The molecule has 0 heterocycles. The van der Waals surface area contributed by atoms with E-state index in [0.29, 0.717) is 24.2 Å². The van der Waals surface area contributed by atoms with Gasteiger partial charge in [0.1, 0.15) is 0 Å². The maximum atomic E-state index is 12.4. The van der Waals surface area contributed by atoms with Crippen molar-refractivity contribution in [3.63, 3.8) is 0 Å². The van der Waals surface area contributed by atoms with E-state index in [2.05, 4.69) is 6.92 Å². The summed E-state index contributed by atoms with van der Waals surface area (Å²) in [5.41, 5.74) is 0. The Hall–Kier alpha value is -0.250. The maximum Gasteiger partial charge on any atom is 0.414 e. The molecule has 0 saturated heterocycles. The van der Waals surface area contributed by atoms with Crippen LogP contribution in [0, 0.1) is 29.6 Å². The average Bonchev–Trinajstić information content (AvgIpc) is 2.65. The molecule has 0 spiro atoms. The fourth-order valence-electron chi connectivity index (χ4n) is 3.60. The Morgan fingerprint density at radius 3 is 2.13 bits per heavy atom. The fraction of sp³-hybridized carbons (Fsp3) is 1.00. The van der Waals surface area contributed by atoms with E-state index < -0.39 is 18.2 Å². The largest absolute Gasteiger partial charge is 0.414 e. The van der Waals surface area contributed by atoms with Crippen molar-refractivity contribution in [2.24, 2.45) is 29.6 Å². The molecule has 2 saturated carbocycles. The van der Waals surface area contributed by atoms with Crippen LogP contribution in [-0.2, 0) is 0 Å². The van der Waals surface area contributed by atoms with Gasteiger partial charge in [0.15, 0.2) is 6.10 Å². The normalized spacial score (nSPS) is 47.2. The first kappa shape index (κ1) is 11.2. The van der Waals surface area contributed by atoms with Gasteiger partial charge in [0.05, 0.1) is 0 Å². The first-order chi connectivity index (χ1) is 6.82. The van der Waals surface area contributed by atoms with Crippen LogP contribution in [0.2, 0.25) is 0 Å². The van der Waals surface area contributed by atoms with E-state index in [1.54, 1.807) is 0 Å². The summed E-state index contributed by atoms with van der Waals surface area (Å²) in [5.74, 6) is 0.757. The van der Waals surface area contributed by atoms with Gasteiger partial charge in [-0.2, -0.15) is 13.2 Å². The summed E-state index contributed by atoms with van der Waals surface area (Å²) in [6, 6.07) is 0. The van der Waals surface area contributed by atoms with E-state index in [0.717, 1.165) is 6.42 Å². The van der Waals surface area contributed by atoms with Crippen LogP contribution in [0.25, 0.3) is 0 Å². The summed E-state index contributed by atoms with van der Waals surface area (Å²) in [7, 11) is 0. The SMILES string of the molecule is CC1C2CC(C1C)C(C(O)C(F)(F)F)C2. The molecule has 0 aromatic rings. The van der Waals surface area contributed by atoms with Gasteiger partial charge in [-0.1, -0.05) is 13.8 Å². The van der Waals surface area contributed by atoms with Crippen molar-refractivity contribution >= 4 is 0 Å². The topological polar surface area (TPSA) is 20.2 Å². The Labute approximate surface area is 87.7 Å². The third kappa shape index (κ3) is 1.67. The number of aliphatic hydroxyl groups is 1. The van der Waals surface area contributed by atoms with Crippen LogP contribution in [0.1, 0.15) is 26.7 Å². The van der Waals surface area contributed by atoms with Gasteiger partial charge in [0, 0.05) is 0 Å². The number of aliphatic hydroxyl groups excluding tert-OH is 1. The van der Waals surface area contributed by atoms with E-state index >= 15 is 0 Å². The molecule has 1 nitrogen and oxygen atoms in total. The number of halogens is 3. The summed E-state index contributed by atoms with van der Waals surface area (Å²) in [6.45, 7) is 4.14. The van der Waals surface area contributed by atoms with Gasteiger partial charge in [-0.3, -0.25) is 0 Å². The second-order valence-corrected chi connectivity index (χ2v) is 5.26. The Morgan fingerprint density at radius 2 is 1.73 bits per heavy atom. The van der Waals surface area contributed by atoms with Crippen molar-refractivity contribution in [1.82, 2.24) is 0 Å². The Bertz CT molecular complexity index is 249. The standard InChI is InChI=1S/C11H17F3O/c1-5-6(2)8-3-7(5)4-9(8)10(15)11(12,13)14/h5-10,15H,3-4H2,1-2H3. The summed E-state index contributed by atoms with van der Waals surface area (Å²) < 4.78 is 37.2. The average molecular weight is 222 g/mol. The second kappa shape index (κ2) is 3.37. The second-order valence-electron chi connectivity index (χ2n) is 5.26. The number of alkyl halides is 3.